The van der Waals surface area contributed by atoms with Gasteiger partial charge in [0.15, 0.2) is 4.67 Å². The first-order valence-corrected chi connectivity index (χ1v) is 7.61. The van der Waals surface area contributed by atoms with Crippen molar-refractivity contribution in [3.05, 3.63) is 35.0 Å². The second-order valence-corrected chi connectivity index (χ2v) is 5.80. The summed E-state index contributed by atoms with van der Waals surface area (Å²) in [6.45, 7) is 2.83. The van der Waals surface area contributed by atoms with Crippen LogP contribution in [0.4, 0.5) is 5.82 Å². The Labute approximate surface area is 131 Å². The van der Waals surface area contributed by atoms with Crippen molar-refractivity contribution in [3.8, 4) is 5.88 Å². The van der Waals surface area contributed by atoms with Crippen molar-refractivity contribution in [1.82, 2.24) is 14.9 Å². The molecule has 2 aromatic heterocycles. The van der Waals surface area contributed by atoms with E-state index in [1.165, 1.54) is 6.33 Å². The molecule has 1 saturated heterocycles. The van der Waals surface area contributed by atoms with E-state index in [-0.39, 0.29) is 0 Å². The van der Waals surface area contributed by atoms with Gasteiger partial charge in [0, 0.05) is 25.2 Å². The lowest BCUT2D eigenvalue weighted by molar-refractivity contribution is 0.293. The van der Waals surface area contributed by atoms with Crippen LogP contribution in [0.5, 0.6) is 5.88 Å². The summed E-state index contributed by atoms with van der Waals surface area (Å²) in [5.74, 6) is 2.35. The third-order valence-electron chi connectivity index (χ3n) is 3.48. The molecule has 7 heteroatoms. The molecule has 0 aromatic carbocycles. The summed E-state index contributed by atoms with van der Waals surface area (Å²) in [7, 11) is 1.60. The number of hydrogen-bond donors (Lipinski definition) is 1. The van der Waals surface area contributed by atoms with E-state index in [0.29, 0.717) is 11.9 Å². The lowest BCUT2D eigenvalue weighted by Crippen LogP contribution is -2.26. The summed E-state index contributed by atoms with van der Waals surface area (Å²) < 4.78 is 11.4. The summed E-state index contributed by atoms with van der Waals surface area (Å²) >= 11 is 3.33. The Balaban J connectivity index is 1.54. The smallest absolute Gasteiger partial charge is 0.218 e. The van der Waals surface area contributed by atoms with Crippen LogP contribution in [0.25, 0.3) is 0 Å². The second-order valence-electron chi connectivity index (χ2n) is 5.02. The highest BCUT2D eigenvalue weighted by molar-refractivity contribution is 9.10. The number of nitrogens with one attached hydrogen (secondary N) is 1. The van der Waals surface area contributed by atoms with Gasteiger partial charge in [0.2, 0.25) is 5.88 Å². The van der Waals surface area contributed by atoms with E-state index in [1.807, 2.05) is 18.2 Å². The second kappa shape index (κ2) is 6.44. The number of likely N-dealkylation sites (tertiary alicyclic amines) is 1. The Kier molecular flexibility index (Phi) is 4.40. The molecule has 0 amide bonds. The molecule has 1 aliphatic rings. The van der Waals surface area contributed by atoms with Gasteiger partial charge in [-0.05, 0) is 34.5 Å². The van der Waals surface area contributed by atoms with Crippen molar-refractivity contribution in [1.29, 1.82) is 0 Å². The van der Waals surface area contributed by atoms with Crippen LogP contribution in [0.1, 0.15) is 12.2 Å². The van der Waals surface area contributed by atoms with E-state index in [2.05, 4.69) is 36.1 Å². The first-order valence-electron chi connectivity index (χ1n) is 6.82. The van der Waals surface area contributed by atoms with Crippen molar-refractivity contribution in [2.75, 3.05) is 25.5 Å². The Hall–Kier alpha value is -1.60. The van der Waals surface area contributed by atoms with Gasteiger partial charge in [-0.3, -0.25) is 4.90 Å². The van der Waals surface area contributed by atoms with Gasteiger partial charge >= 0.3 is 0 Å². The summed E-state index contributed by atoms with van der Waals surface area (Å²) in [5.41, 5.74) is 0. The Morgan fingerprint density at radius 2 is 2.38 bits per heavy atom. The van der Waals surface area contributed by atoms with Gasteiger partial charge in [0.05, 0.1) is 13.7 Å². The fraction of sp³-hybridized carbons (Fsp3) is 0.429. The SMILES string of the molecule is COc1cc(NC2CCN(Cc3ccc(Br)o3)C2)ncn1. The maximum absolute atomic E-state index is 5.55. The molecule has 0 saturated carbocycles. The van der Waals surface area contributed by atoms with Crippen LogP contribution in [0.15, 0.2) is 33.6 Å². The topological polar surface area (TPSA) is 63.4 Å². The highest BCUT2D eigenvalue weighted by atomic mass is 79.9. The van der Waals surface area contributed by atoms with Crippen LogP contribution < -0.4 is 10.1 Å². The van der Waals surface area contributed by atoms with Crippen LogP contribution in [0.2, 0.25) is 0 Å². The fourth-order valence-corrected chi connectivity index (χ4v) is 2.83. The molecule has 112 valence electrons. The van der Waals surface area contributed by atoms with E-state index in [1.54, 1.807) is 7.11 Å². The van der Waals surface area contributed by atoms with Crippen molar-refractivity contribution in [2.45, 2.75) is 19.0 Å². The zero-order chi connectivity index (χ0) is 14.7. The molecule has 3 rings (SSSR count). The number of furan rings is 1. The first-order chi connectivity index (χ1) is 10.2. The van der Waals surface area contributed by atoms with Crippen molar-refractivity contribution in [2.24, 2.45) is 0 Å². The van der Waals surface area contributed by atoms with Gasteiger partial charge in [-0.1, -0.05) is 0 Å². The van der Waals surface area contributed by atoms with Gasteiger partial charge < -0.3 is 14.5 Å². The monoisotopic (exact) mass is 352 g/mol. The van der Waals surface area contributed by atoms with E-state index >= 15 is 0 Å². The average molecular weight is 353 g/mol. The van der Waals surface area contributed by atoms with Crippen molar-refractivity contribution in [3.63, 3.8) is 0 Å². The first kappa shape index (κ1) is 14.3. The van der Waals surface area contributed by atoms with Crippen LogP contribution in [0, 0.1) is 0 Å². The summed E-state index contributed by atoms with van der Waals surface area (Å²) in [6.07, 6.45) is 2.59. The molecule has 21 heavy (non-hydrogen) atoms. The normalized spacial score (nSPS) is 18.9. The largest absolute Gasteiger partial charge is 0.481 e. The van der Waals surface area contributed by atoms with Gasteiger partial charge in [0.25, 0.3) is 0 Å². The van der Waals surface area contributed by atoms with Gasteiger partial charge in [-0.15, -0.1) is 0 Å². The predicted molar refractivity (Wildman–Crippen MR) is 82.3 cm³/mol. The van der Waals surface area contributed by atoms with Gasteiger partial charge in [-0.25, -0.2) is 9.97 Å². The lowest BCUT2D eigenvalue weighted by atomic mass is 10.2. The summed E-state index contributed by atoms with van der Waals surface area (Å²) in [4.78, 5) is 10.6. The molecule has 2 aromatic rings. The summed E-state index contributed by atoms with van der Waals surface area (Å²) in [5, 5.41) is 3.42. The minimum absolute atomic E-state index is 0.378. The molecule has 0 bridgehead atoms. The van der Waals surface area contributed by atoms with Crippen LogP contribution >= 0.6 is 15.9 Å². The van der Waals surface area contributed by atoms with E-state index in [9.17, 15) is 0 Å². The minimum Gasteiger partial charge on any atom is -0.481 e. The molecule has 1 fully saturated rings. The number of anilines is 1. The Bertz CT molecular complexity index is 604. The molecule has 0 radical (unpaired) electrons. The highest BCUT2D eigenvalue weighted by Crippen LogP contribution is 2.20. The lowest BCUT2D eigenvalue weighted by Gasteiger charge is -2.16. The zero-order valence-corrected chi connectivity index (χ0v) is 13.3. The minimum atomic E-state index is 0.378. The molecule has 3 heterocycles. The molecule has 1 unspecified atom stereocenters. The van der Waals surface area contributed by atoms with Crippen LogP contribution in [-0.4, -0.2) is 41.1 Å². The van der Waals surface area contributed by atoms with Gasteiger partial charge in [0.1, 0.15) is 17.9 Å². The third kappa shape index (κ3) is 3.74. The number of nitrogens with zero attached hydrogens (tertiary/aromatic N) is 3. The molecular formula is C14H17BrN4O2. The molecule has 1 N–H and O–H groups in total. The maximum Gasteiger partial charge on any atom is 0.218 e. The molecule has 1 aliphatic heterocycles. The summed E-state index contributed by atoms with van der Waals surface area (Å²) in [6, 6.07) is 6.11. The van der Waals surface area contributed by atoms with Crippen LogP contribution in [-0.2, 0) is 6.54 Å². The number of ether oxygens (including phenoxy) is 1. The third-order valence-corrected chi connectivity index (χ3v) is 3.91. The number of hydrogen-bond acceptors (Lipinski definition) is 6. The highest BCUT2D eigenvalue weighted by Gasteiger charge is 2.23. The molecule has 1 atom stereocenters. The van der Waals surface area contributed by atoms with E-state index in [0.717, 1.165) is 42.3 Å². The standard InChI is InChI=1S/C14H17BrN4O2/c1-20-14-6-13(16-9-17-14)18-10-4-5-19(7-10)8-11-2-3-12(15)21-11/h2-3,6,9-10H,4-5,7-8H2,1H3,(H,16,17,18). The van der Waals surface area contributed by atoms with E-state index in [4.69, 9.17) is 9.15 Å². The molecule has 0 aliphatic carbocycles. The van der Waals surface area contributed by atoms with Crippen LogP contribution in [0.3, 0.4) is 0 Å². The van der Waals surface area contributed by atoms with E-state index < -0.39 is 0 Å². The molecule has 0 spiro atoms. The average Bonchev–Trinajstić information content (AvgIpc) is 3.09. The number of aromatic nitrogens is 2. The zero-order valence-electron chi connectivity index (χ0n) is 11.8. The predicted octanol–water partition coefficient (Wildman–Crippen LogP) is 2.53. The Morgan fingerprint density at radius 1 is 1.48 bits per heavy atom. The van der Waals surface area contributed by atoms with Gasteiger partial charge in [-0.2, -0.15) is 0 Å². The number of methoxy groups -OCH3 is 1. The quantitative estimate of drug-likeness (QED) is 0.891. The van der Waals surface area contributed by atoms with Crippen molar-refractivity contribution < 1.29 is 9.15 Å². The fourth-order valence-electron chi connectivity index (χ4n) is 2.49. The molecular weight excluding hydrogens is 336 g/mol. The maximum atomic E-state index is 5.55. The Morgan fingerprint density at radius 3 is 3.14 bits per heavy atom. The number of halogens is 1. The van der Waals surface area contributed by atoms with Crippen molar-refractivity contribution >= 4 is 21.7 Å². The molecule has 6 nitrogen and oxygen atoms in total. The number of rotatable bonds is 5.